The van der Waals surface area contributed by atoms with Gasteiger partial charge in [-0.3, -0.25) is 0 Å². The highest BCUT2D eigenvalue weighted by atomic mass is 16.3. The van der Waals surface area contributed by atoms with Crippen LogP contribution in [-0.4, -0.2) is 9.67 Å². The first kappa shape index (κ1) is 12.1. The van der Waals surface area contributed by atoms with Crippen LogP contribution >= 0.6 is 0 Å². The zero-order valence-corrected chi connectivity index (χ0v) is 11.9. The Kier molecular flexibility index (Phi) is 2.39. The summed E-state index contributed by atoms with van der Waals surface area (Å²) in [7, 11) is 2.05. The van der Waals surface area contributed by atoms with Crippen LogP contribution in [0.4, 0.5) is 5.69 Å². The number of aryl methyl sites for hydroxylation is 1. The molecule has 4 rings (SSSR count). The first-order chi connectivity index (χ1) is 10.1. The highest BCUT2D eigenvalue weighted by Crippen LogP contribution is 2.40. The maximum atomic E-state index is 10.1. The summed E-state index contributed by atoms with van der Waals surface area (Å²) in [6.45, 7) is 4.91. The van der Waals surface area contributed by atoms with E-state index in [4.69, 9.17) is 0 Å². The zero-order chi connectivity index (χ0) is 14.6. The third-order valence-corrected chi connectivity index (χ3v) is 4.25. The van der Waals surface area contributed by atoms with Gasteiger partial charge in [0.05, 0.1) is 0 Å². The highest BCUT2D eigenvalue weighted by Gasteiger charge is 2.26. The zero-order valence-electron chi connectivity index (χ0n) is 11.9. The molecule has 1 aromatic heterocycles. The lowest BCUT2D eigenvalue weighted by Crippen LogP contribution is -2.12. The minimum atomic E-state index is 0.306. The number of hydrogen-bond acceptors (Lipinski definition) is 2. The van der Waals surface area contributed by atoms with Crippen LogP contribution in [0.25, 0.3) is 16.6 Å². The maximum absolute atomic E-state index is 10.1. The molecule has 3 nitrogen and oxygen atoms in total. The third kappa shape index (κ3) is 1.67. The first-order valence-electron chi connectivity index (χ1n) is 6.98. The number of fused-ring (bicyclic) bond motifs is 2. The van der Waals surface area contributed by atoms with Crippen LogP contribution < -0.4 is 4.90 Å². The number of anilines is 1. The summed E-state index contributed by atoms with van der Waals surface area (Å²) in [6, 6.07) is 14.2. The fourth-order valence-electron chi connectivity index (χ4n) is 3.12. The van der Waals surface area contributed by atoms with Crippen molar-refractivity contribution in [2.45, 2.75) is 6.54 Å². The Hall–Kier alpha value is -2.68. The number of rotatable bonds is 1. The van der Waals surface area contributed by atoms with Gasteiger partial charge in [0.15, 0.2) is 0 Å². The Morgan fingerprint density at radius 2 is 2.00 bits per heavy atom. The minimum Gasteiger partial charge on any atom is -0.507 e. The van der Waals surface area contributed by atoms with Crippen molar-refractivity contribution < 1.29 is 5.11 Å². The summed E-state index contributed by atoms with van der Waals surface area (Å²) >= 11 is 0. The fourth-order valence-corrected chi connectivity index (χ4v) is 3.12. The molecule has 0 atom stereocenters. The smallest absolute Gasteiger partial charge is 0.125 e. The molecule has 1 aliphatic rings. The van der Waals surface area contributed by atoms with E-state index in [9.17, 15) is 5.11 Å². The lowest BCUT2D eigenvalue weighted by molar-refractivity contribution is 0.473. The van der Waals surface area contributed by atoms with E-state index >= 15 is 0 Å². The molecular formula is C18H16N2O. The van der Waals surface area contributed by atoms with Crippen molar-refractivity contribution in [2.24, 2.45) is 7.05 Å². The van der Waals surface area contributed by atoms with Gasteiger partial charge in [-0.2, -0.15) is 0 Å². The molecule has 0 fully saturated rings. The summed E-state index contributed by atoms with van der Waals surface area (Å²) in [5.41, 5.74) is 5.14. The molecule has 0 saturated heterocycles. The normalized spacial score (nSPS) is 14.0. The SMILES string of the molecule is C=C1c2c(O)cccc2CN1c1ccc2ccn(C)c2c1. The van der Waals surface area contributed by atoms with E-state index in [1.807, 2.05) is 19.2 Å². The monoisotopic (exact) mass is 276 g/mol. The van der Waals surface area contributed by atoms with Gasteiger partial charge in [-0.15, -0.1) is 0 Å². The van der Waals surface area contributed by atoms with Crippen molar-refractivity contribution in [1.29, 1.82) is 0 Å². The van der Waals surface area contributed by atoms with E-state index in [1.54, 1.807) is 6.07 Å². The second-order valence-electron chi connectivity index (χ2n) is 5.51. The minimum absolute atomic E-state index is 0.306. The predicted octanol–water partition coefficient (Wildman–Crippen LogP) is 3.87. The molecule has 3 aromatic rings. The number of benzene rings is 2. The Morgan fingerprint density at radius 3 is 2.81 bits per heavy atom. The quantitative estimate of drug-likeness (QED) is 0.730. The average Bonchev–Trinajstić information content (AvgIpc) is 3.01. The molecule has 0 aliphatic carbocycles. The predicted molar refractivity (Wildman–Crippen MR) is 86.2 cm³/mol. The van der Waals surface area contributed by atoms with Gasteiger partial charge >= 0.3 is 0 Å². The molecule has 104 valence electrons. The van der Waals surface area contributed by atoms with Gasteiger partial charge in [0.25, 0.3) is 0 Å². The molecule has 0 bridgehead atoms. The molecule has 21 heavy (non-hydrogen) atoms. The number of phenolic OH excluding ortho intramolecular Hbond substituents is 1. The second kappa shape index (κ2) is 4.16. The number of phenols is 1. The lowest BCUT2D eigenvalue weighted by atomic mass is 10.1. The van der Waals surface area contributed by atoms with Crippen molar-refractivity contribution in [2.75, 3.05) is 4.90 Å². The van der Waals surface area contributed by atoms with Crippen LogP contribution in [0.15, 0.2) is 55.2 Å². The molecular weight excluding hydrogens is 260 g/mol. The Morgan fingerprint density at radius 1 is 1.14 bits per heavy atom. The van der Waals surface area contributed by atoms with E-state index in [0.717, 1.165) is 29.1 Å². The van der Waals surface area contributed by atoms with Crippen molar-refractivity contribution in [3.8, 4) is 5.75 Å². The number of hydrogen-bond donors (Lipinski definition) is 1. The Bertz CT molecular complexity index is 876. The van der Waals surface area contributed by atoms with Gasteiger partial charge in [0.2, 0.25) is 0 Å². The van der Waals surface area contributed by atoms with Crippen LogP contribution in [0.3, 0.4) is 0 Å². The molecule has 0 amide bonds. The molecule has 0 unspecified atom stereocenters. The summed E-state index contributed by atoms with van der Waals surface area (Å²) < 4.78 is 2.11. The van der Waals surface area contributed by atoms with Crippen molar-refractivity contribution >= 4 is 22.3 Å². The van der Waals surface area contributed by atoms with Gasteiger partial charge in [-0.05, 0) is 35.2 Å². The topological polar surface area (TPSA) is 28.4 Å². The van der Waals surface area contributed by atoms with Gasteiger partial charge in [0, 0.05) is 42.3 Å². The van der Waals surface area contributed by atoms with Crippen LogP contribution in [-0.2, 0) is 13.6 Å². The molecule has 2 aromatic carbocycles. The molecule has 1 aliphatic heterocycles. The summed E-state index contributed by atoms with van der Waals surface area (Å²) in [4.78, 5) is 2.15. The van der Waals surface area contributed by atoms with Crippen molar-refractivity contribution in [1.82, 2.24) is 4.57 Å². The van der Waals surface area contributed by atoms with Crippen LogP contribution in [0.5, 0.6) is 5.75 Å². The summed E-state index contributed by atoms with van der Waals surface area (Å²) in [5.74, 6) is 0.306. The van der Waals surface area contributed by atoms with Gasteiger partial charge < -0.3 is 14.6 Å². The Balaban J connectivity index is 1.82. The second-order valence-corrected chi connectivity index (χ2v) is 5.51. The van der Waals surface area contributed by atoms with E-state index in [1.165, 1.54) is 10.9 Å². The standard InChI is InChI=1S/C18H16N2O/c1-12-18-14(4-3-5-17(18)21)11-20(12)15-7-6-13-8-9-19(2)16(13)10-15/h3-10,21H,1,11H2,2H3. The van der Waals surface area contributed by atoms with E-state index in [0.29, 0.717) is 5.75 Å². The average molecular weight is 276 g/mol. The molecule has 1 N–H and O–H groups in total. The van der Waals surface area contributed by atoms with Gasteiger partial charge in [-0.1, -0.05) is 24.8 Å². The van der Waals surface area contributed by atoms with Crippen molar-refractivity contribution in [3.63, 3.8) is 0 Å². The van der Waals surface area contributed by atoms with Gasteiger partial charge in [-0.25, -0.2) is 0 Å². The summed E-state index contributed by atoms with van der Waals surface area (Å²) in [6.07, 6.45) is 2.06. The fraction of sp³-hybridized carbons (Fsp3) is 0.111. The number of aromatic nitrogens is 1. The van der Waals surface area contributed by atoms with E-state index in [2.05, 4.69) is 46.5 Å². The van der Waals surface area contributed by atoms with Crippen LogP contribution in [0, 0.1) is 0 Å². The summed E-state index contributed by atoms with van der Waals surface area (Å²) in [5, 5.41) is 11.3. The van der Waals surface area contributed by atoms with Gasteiger partial charge in [0.1, 0.15) is 5.75 Å². The molecule has 0 saturated carbocycles. The molecule has 3 heteroatoms. The van der Waals surface area contributed by atoms with E-state index in [-0.39, 0.29) is 0 Å². The lowest BCUT2D eigenvalue weighted by Gasteiger charge is -2.20. The third-order valence-electron chi connectivity index (χ3n) is 4.25. The highest BCUT2D eigenvalue weighted by molar-refractivity contribution is 5.90. The van der Waals surface area contributed by atoms with Crippen LogP contribution in [0.2, 0.25) is 0 Å². The number of nitrogens with zero attached hydrogens (tertiary/aromatic N) is 2. The first-order valence-corrected chi connectivity index (χ1v) is 6.98. The molecule has 0 spiro atoms. The van der Waals surface area contributed by atoms with Crippen LogP contribution in [0.1, 0.15) is 11.1 Å². The molecule has 2 heterocycles. The van der Waals surface area contributed by atoms with E-state index < -0.39 is 0 Å². The Labute approximate surface area is 123 Å². The largest absolute Gasteiger partial charge is 0.507 e. The maximum Gasteiger partial charge on any atom is 0.125 e. The van der Waals surface area contributed by atoms with Crippen molar-refractivity contribution in [3.05, 3.63) is 66.4 Å². The number of aromatic hydroxyl groups is 1. The molecule has 0 radical (unpaired) electrons.